The quantitative estimate of drug-likeness (QED) is 0.759. The topological polar surface area (TPSA) is 67.9 Å². The molecule has 0 aliphatic heterocycles. The molecule has 106 valence electrons. The molecule has 0 unspecified atom stereocenters. The Labute approximate surface area is 106 Å². The molecule has 0 fully saturated rings. The largest absolute Gasteiger partial charge is 0.444 e. The smallest absolute Gasteiger partial charge is 0.407 e. The van der Waals surface area contributed by atoms with Crippen LogP contribution < -0.4 is 5.32 Å². The van der Waals surface area contributed by atoms with Gasteiger partial charge in [0.15, 0.2) is 0 Å². The molecule has 0 bridgehead atoms. The summed E-state index contributed by atoms with van der Waals surface area (Å²) in [6.07, 6.45) is -0.946. The Balaban J connectivity index is 4.27. The summed E-state index contributed by atoms with van der Waals surface area (Å²) in [6.45, 7) is 4.23. The molecule has 0 aliphatic carbocycles. The molecule has 1 atom stereocenters. The van der Waals surface area contributed by atoms with Crippen LogP contribution in [0.1, 0.15) is 27.2 Å². The van der Waals surface area contributed by atoms with Gasteiger partial charge in [-0.25, -0.2) is 14.2 Å². The number of hydroxylamine groups is 2. The van der Waals surface area contributed by atoms with Crippen LogP contribution in [0, 0.1) is 0 Å². The van der Waals surface area contributed by atoms with Crippen LogP contribution in [0.25, 0.3) is 0 Å². The van der Waals surface area contributed by atoms with Crippen molar-refractivity contribution in [2.75, 3.05) is 20.8 Å². The highest BCUT2D eigenvalue weighted by Gasteiger charge is 2.22. The number of hydrogen-bond donors (Lipinski definition) is 1. The number of hydrogen-bond acceptors (Lipinski definition) is 4. The summed E-state index contributed by atoms with van der Waals surface area (Å²) in [6, 6.07) is -0.926. The Bertz CT molecular complexity index is 291. The maximum atomic E-state index is 12.7. The molecule has 0 rings (SSSR count). The van der Waals surface area contributed by atoms with Gasteiger partial charge in [-0.15, -0.1) is 0 Å². The van der Waals surface area contributed by atoms with E-state index in [0.717, 1.165) is 5.06 Å². The average Bonchev–Trinajstić information content (AvgIpc) is 2.24. The number of nitrogens with zero attached hydrogens (tertiary/aromatic N) is 1. The fourth-order valence-corrected chi connectivity index (χ4v) is 1.06. The van der Waals surface area contributed by atoms with E-state index < -0.39 is 30.3 Å². The van der Waals surface area contributed by atoms with E-state index in [4.69, 9.17) is 4.74 Å². The summed E-state index contributed by atoms with van der Waals surface area (Å²) in [5.74, 6) is -0.434. The van der Waals surface area contributed by atoms with Gasteiger partial charge in [0.05, 0.1) is 19.6 Å². The van der Waals surface area contributed by atoms with Gasteiger partial charge < -0.3 is 10.1 Å². The van der Waals surface area contributed by atoms with Gasteiger partial charge in [-0.3, -0.25) is 9.63 Å². The molecular formula is C11H21FN2O4. The molecule has 0 heterocycles. The molecule has 0 aromatic carbocycles. The van der Waals surface area contributed by atoms with Gasteiger partial charge in [-0.2, -0.15) is 0 Å². The fourth-order valence-electron chi connectivity index (χ4n) is 1.06. The molecule has 0 saturated carbocycles. The second-order valence-electron chi connectivity index (χ2n) is 4.78. The first-order valence-corrected chi connectivity index (χ1v) is 5.55. The average molecular weight is 264 g/mol. The van der Waals surface area contributed by atoms with Crippen LogP contribution in [0.15, 0.2) is 0 Å². The third-order valence-corrected chi connectivity index (χ3v) is 1.95. The van der Waals surface area contributed by atoms with Crippen molar-refractivity contribution in [3.63, 3.8) is 0 Å². The van der Waals surface area contributed by atoms with Crippen molar-refractivity contribution >= 4 is 12.0 Å². The van der Waals surface area contributed by atoms with E-state index in [2.05, 4.69) is 10.2 Å². The summed E-state index contributed by atoms with van der Waals surface area (Å²) in [4.78, 5) is 27.5. The van der Waals surface area contributed by atoms with Crippen LogP contribution in [0.3, 0.4) is 0 Å². The number of alkyl carbamates (subject to hydrolysis) is 1. The monoisotopic (exact) mass is 264 g/mol. The maximum absolute atomic E-state index is 12.7. The summed E-state index contributed by atoms with van der Waals surface area (Å²) in [5.41, 5.74) is -0.668. The van der Waals surface area contributed by atoms with Gasteiger partial charge in [0.2, 0.25) is 5.91 Å². The van der Waals surface area contributed by atoms with Crippen molar-refractivity contribution in [2.24, 2.45) is 0 Å². The highest BCUT2D eigenvalue weighted by atomic mass is 19.1. The van der Waals surface area contributed by atoms with Gasteiger partial charge in [0.1, 0.15) is 12.3 Å². The predicted molar refractivity (Wildman–Crippen MR) is 63.5 cm³/mol. The lowest BCUT2D eigenvalue weighted by atomic mass is 10.2. The van der Waals surface area contributed by atoms with E-state index in [0.29, 0.717) is 0 Å². The molecule has 7 heteroatoms. The van der Waals surface area contributed by atoms with E-state index in [1.165, 1.54) is 14.2 Å². The Kier molecular flexibility index (Phi) is 6.61. The molecule has 0 aromatic rings. The third-order valence-electron chi connectivity index (χ3n) is 1.95. The van der Waals surface area contributed by atoms with Crippen LogP contribution >= 0.6 is 0 Å². The number of nitrogens with one attached hydrogen (secondary N) is 1. The Morgan fingerprint density at radius 1 is 1.39 bits per heavy atom. The van der Waals surface area contributed by atoms with Crippen molar-refractivity contribution in [2.45, 2.75) is 38.8 Å². The van der Waals surface area contributed by atoms with Gasteiger partial charge in [-0.05, 0) is 20.8 Å². The second kappa shape index (κ2) is 7.15. The molecule has 0 radical (unpaired) electrons. The first kappa shape index (κ1) is 16.6. The zero-order chi connectivity index (χ0) is 14.3. The third kappa shape index (κ3) is 7.05. The summed E-state index contributed by atoms with van der Waals surface area (Å²) in [5, 5.41) is 3.27. The van der Waals surface area contributed by atoms with Gasteiger partial charge >= 0.3 is 6.09 Å². The summed E-state index contributed by atoms with van der Waals surface area (Å²) < 4.78 is 17.7. The Morgan fingerprint density at radius 2 is 1.94 bits per heavy atom. The minimum atomic E-state index is -0.926. The SMILES string of the molecule is CON(C)C(=O)C[C@H](CF)NC(=O)OC(C)(C)C. The minimum Gasteiger partial charge on any atom is -0.444 e. The number of rotatable bonds is 5. The van der Waals surface area contributed by atoms with Gasteiger partial charge in [-0.1, -0.05) is 0 Å². The lowest BCUT2D eigenvalue weighted by molar-refractivity contribution is -0.169. The van der Waals surface area contributed by atoms with Crippen molar-refractivity contribution in [1.29, 1.82) is 0 Å². The Morgan fingerprint density at radius 3 is 2.33 bits per heavy atom. The van der Waals surface area contributed by atoms with E-state index in [9.17, 15) is 14.0 Å². The maximum Gasteiger partial charge on any atom is 0.407 e. The van der Waals surface area contributed by atoms with Crippen molar-refractivity contribution in [3.05, 3.63) is 0 Å². The second-order valence-corrected chi connectivity index (χ2v) is 4.78. The molecule has 0 saturated heterocycles. The number of alkyl halides is 1. The highest BCUT2D eigenvalue weighted by Crippen LogP contribution is 2.07. The fraction of sp³-hybridized carbons (Fsp3) is 0.818. The van der Waals surface area contributed by atoms with E-state index in [1.807, 2.05) is 0 Å². The zero-order valence-corrected chi connectivity index (χ0v) is 11.4. The first-order chi connectivity index (χ1) is 8.19. The van der Waals surface area contributed by atoms with E-state index in [-0.39, 0.29) is 6.42 Å². The number of amides is 2. The van der Waals surface area contributed by atoms with Crippen molar-refractivity contribution in [1.82, 2.24) is 10.4 Å². The molecule has 0 aliphatic rings. The van der Waals surface area contributed by atoms with Crippen LogP contribution in [0.2, 0.25) is 0 Å². The first-order valence-electron chi connectivity index (χ1n) is 5.55. The number of halogens is 1. The zero-order valence-electron chi connectivity index (χ0n) is 11.4. The standard InChI is InChI=1S/C11H21FN2O4/c1-11(2,3)18-10(16)13-8(7-12)6-9(15)14(4)17-5/h8H,6-7H2,1-5H3,(H,13,16)/t8-/m1/s1. The molecule has 18 heavy (non-hydrogen) atoms. The van der Waals surface area contributed by atoms with Crippen molar-refractivity contribution in [3.8, 4) is 0 Å². The number of carbonyl (C=O) groups excluding carboxylic acids is 2. The lowest BCUT2D eigenvalue weighted by Gasteiger charge is -2.23. The molecule has 0 spiro atoms. The van der Waals surface area contributed by atoms with E-state index in [1.54, 1.807) is 20.8 Å². The van der Waals surface area contributed by atoms with Gasteiger partial charge in [0, 0.05) is 7.05 Å². The summed E-state index contributed by atoms with van der Waals surface area (Å²) >= 11 is 0. The molecule has 0 aromatic heterocycles. The van der Waals surface area contributed by atoms with Crippen LogP contribution in [0.5, 0.6) is 0 Å². The minimum absolute atomic E-state index is 0.194. The number of ether oxygens (including phenoxy) is 1. The number of carbonyl (C=O) groups is 2. The lowest BCUT2D eigenvalue weighted by Crippen LogP contribution is -2.43. The molecule has 6 nitrogen and oxygen atoms in total. The van der Waals surface area contributed by atoms with E-state index >= 15 is 0 Å². The highest BCUT2D eigenvalue weighted by molar-refractivity contribution is 5.76. The molecule has 2 amide bonds. The van der Waals surface area contributed by atoms with Crippen LogP contribution in [-0.4, -0.2) is 49.5 Å². The molecular weight excluding hydrogens is 243 g/mol. The van der Waals surface area contributed by atoms with Crippen LogP contribution in [0.4, 0.5) is 9.18 Å². The van der Waals surface area contributed by atoms with Crippen LogP contribution in [-0.2, 0) is 14.4 Å². The van der Waals surface area contributed by atoms with Gasteiger partial charge in [0.25, 0.3) is 0 Å². The molecule has 1 N–H and O–H groups in total. The predicted octanol–water partition coefficient (Wildman–Crippen LogP) is 1.26. The van der Waals surface area contributed by atoms with Crippen molar-refractivity contribution < 1.29 is 23.6 Å². The normalized spacial score (nSPS) is 12.8. The Hall–Kier alpha value is -1.37. The summed E-state index contributed by atoms with van der Waals surface area (Å²) in [7, 11) is 2.73.